The SMILES string of the molecule is C/C=C/CCNC(=NC)NCc1ccc(C)cc1SC. The van der Waals surface area contributed by atoms with Crippen molar-refractivity contribution in [3.8, 4) is 0 Å². The van der Waals surface area contributed by atoms with Crippen molar-refractivity contribution < 1.29 is 0 Å². The molecule has 0 saturated heterocycles. The number of aliphatic imine (C=N–C) groups is 1. The Labute approximate surface area is 127 Å². The van der Waals surface area contributed by atoms with Gasteiger partial charge in [-0.05, 0) is 43.7 Å². The molecule has 20 heavy (non-hydrogen) atoms. The van der Waals surface area contributed by atoms with Crippen molar-refractivity contribution in [2.75, 3.05) is 19.8 Å². The monoisotopic (exact) mass is 291 g/mol. The molecule has 0 fully saturated rings. The molecule has 0 aliphatic heterocycles. The van der Waals surface area contributed by atoms with Crippen LogP contribution in [-0.2, 0) is 6.54 Å². The second-order valence-corrected chi connectivity index (χ2v) is 5.37. The van der Waals surface area contributed by atoms with Crippen LogP contribution < -0.4 is 10.6 Å². The van der Waals surface area contributed by atoms with Gasteiger partial charge in [-0.1, -0.05) is 24.3 Å². The van der Waals surface area contributed by atoms with Crippen molar-refractivity contribution in [3.63, 3.8) is 0 Å². The molecule has 0 spiro atoms. The Morgan fingerprint density at radius 3 is 2.80 bits per heavy atom. The zero-order chi connectivity index (χ0) is 14.8. The fourth-order valence-electron chi connectivity index (χ4n) is 1.84. The van der Waals surface area contributed by atoms with Gasteiger partial charge in [0.05, 0.1) is 0 Å². The van der Waals surface area contributed by atoms with Crippen molar-refractivity contribution in [1.82, 2.24) is 10.6 Å². The summed E-state index contributed by atoms with van der Waals surface area (Å²) in [4.78, 5) is 5.56. The highest BCUT2D eigenvalue weighted by atomic mass is 32.2. The van der Waals surface area contributed by atoms with E-state index in [1.165, 1.54) is 16.0 Å². The van der Waals surface area contributed by atoms with Gasteiger partial charge < -0.3 is 10.6 Å². The van der Waals surface area contributed by atoms with Crippen molar-refractivity contribution >= 4 is 17.7 Å². The maximum absolute atomic E-state index is 4.24. The minimum absolute atomic E-state index is 0.791. The number of aryl methyl sites for hydroxylation is 1. The quantitative estimate of drug-likeness (QED) is 0.277. The van der Waals surface area contributed by atoms with E-state index in [2.05, 4.69) is 59.2 Å². The van der Waals surface area contributed by atoms with Crippen LogP contribution >= 0.6 is 11.8 Å². The molecule has 0 heterocycles. The molecule has 0 saturated carbocycles. The smallest absolute Gasteiger partial charge is 0.191 e. The van der Waals surface area contributed by atoms with Gasteiger partial charge >= 0.3 is 0 Å². The van der Waals surface area contributed by atoms with Crippen LogP contribution in [0.25, 0.3) is 0 Å². The molecule has 2 N–H and O–H groups in total. The van der Waals surface area contributed by atoms with Crippen LogP contribution in [-0.4, -0.2) is 25.8 Å². The van der Waals surface area contributed by atoms with Gasteiger partial charge in [-0.2, -0.15) is 0 Å². The van der Waals surface area contributed by atoms with Crippen LogP contribution in [0.4, 0.5) is 0 Å². The van der Waals surface area contributed by atoms with E-state index in [1.54, 1.807) is 18.8 Å². The lowest BCUT2D eigenvalue weighted by Crippen LogP contribution is -2.37. The van der Waals surface area contributed by atoms with E-state index in [0.717, 1.165) is 25.5 Å². The van der Waals surface area contributed by atoms with Gasteiger partial charge in [0.2, 0.25) is 0 Å². The highest BCUT2D eigenvalue weighted by Crippen LogP contribution is 2.21. The molecule has 0 bridgehead atoms. The highest BCUT2D eigenvalue weighted by molar-refractivity contribution is 7.98. The van der Waals surface area contributed by atoms with Crippen molar-refractivity contribution in [3.05, 3.63) is 41.5 Å². The molecule has 0 aliphatic rings. The Balaban J connectivity index is 2.52. The van der Waals surface area contributed by atoms with Gasteiger partial charge in [-0.15, -0.1) is 11.8 Å². The summed E-state index contributed by atoms with van der Waals surface area (Å²) in [5, 5.41) is 6.66. The third kappa shape index (κ3) is 5.70. The average molecular weight is 291 g/mol. The summed E-state index contributed by atoms with van der Waals surface area (Å²) in [6.07, 6.45) is 7.33. The Bertz CT molecular complexity index is 467. The Kier molecular flexibility index (Phi) is 7.88. The summed E-state index contributed by atoms with van der Waals surface area (Å²) in [6, 6.07) is 6.56. The predicted octanol–water partition coefficient (Wildman–Crippen LogP) is 3.35. The molecule has 4 heteroatoms. The van der Waals surface area contributed by atoms with E-state index in [9.17, 15) is 0 Å². The number of hydrogen-bond donors (Lipinski definition) is 2. The molecule has 0 aliphatic carbocycles. The van der Waals surface area contributed by atoms with Crippen molar-refractivity contribution in [2.45, 2.75) is 31.7 Å². The van der Waals surface area contributed by atoms with Crippen LogP contribution in [0.3, 0.4) is 0 Å². The van der Waals surface area contributed by atoms with Gasteiger partial charge in [0.25, 0.3) is 0 Å². The molecular formula is C16H25N3S. The third-order valence-electron chi connectivity index (χ3n) is 2.95. The van der Waals surface area contributed by atoms with E-state index < -0.39 is 0 Å². The second-order valence-electron chi connectivity index (χ2n) is 4.53. The summed E-state index contributed by atoms with van der Waals surface area (Å²) < 4.78 is 0. The Morgan fingerprint density at radius 1 is 1.35 bits per heavy atom. The largest absolute Gasteiger partial charge is 0.356 e. The maximum Gasteiger partial charge on any atom is 0.191 e. The first-order valence-electron chi connectivity index (χ1n) is 6.90. The molecular weight excluding hydrogens is 266 g/mol. The van der Waals surface area contributed by atoms with Crippen LogP contribution in [0.15, 0.2) is 40.2 Å². The summed E-state index contributed by atoms with van der Waals surface area (Å²) >= 11 is 1.78. The molecule has 0 radical (unpaired) electrons. The van der Waals surface area contributed by atoms with E-state index in [0.29, 0.717) is 0 Å². The van der Waals surface area contributed by atoms with Crippen LogP contribution in [0.2, 0.25) is 0 Å². The van der Waals surface area contributed by atoms with E-state index in [4.69, 9.17) is 0 Å². The molecule has 1 rings (SSSR count). The molecule has 1 aromatic rings. The first-order chi connectivity index (χ1) is 9.71. The lowest BCUT2D eigenvalue weighted by atomic mass is 10.1. The molecule has 3 nitrogen and oxygen atoms in total. The molecule has 0 unspecified atom stereocenters. The topological polar surface area (TPSA) is 36.4 Å². The van der Waals surface area contributed by atoms with Crippen molar-refractivity contribution in [2.24, 2.45) is 4.99 Å². The molecule has 110 valence electrons. The second kappa shape index (κ2) is 9.48. The molecule has 0 aromatic heterocycles. The van der Waals surface area contributed by atoms with Crippen LogP contribution in [0, 0.1) is 6.92 Å². The van der Waals surface area contributed by atoms with Gasteiger partial charge in [-0.3, -0.25) is 4.99 Å². The number of guanidine groups is 1. The Morgan fingerprint density at radius 2 is 2.15 bits per heavy atom. The van der Waals surface area contributed by atoms with E-state index in [1.807, 2.05) is 6.92 Å². The van der Waals surface area contributed by atoms with E-state index in [-0.39, 0.29) is 0 Å². The minimum atomic E-state index is 0.791. The number of nitrogens with one attached hydrogen (secondary N) is 2. The zero-order valence-electron chi connectivity index (χ0n) is 12.9. The molecule has 0 amide bonds. The zero-order valence-corrected chi connectivity index (χ0v) is 13.7. The van der Waals surface area contributed by atoms with E-state index >= 15 is 0 Å². The number of benzene rings is 1. The number of hydrogen-bond acceptors (Lipinski definition) is 2. The maximum atomic E-state index is 4.24. The van der Waals surface area contributed by atoms with Crippen LogP contribution in [0.1, 0.15) is 24.5 Å². The fourth-order valence-corrected chi connectivity index (χ4v) is 2.54. The standard InChI is InChI=1S/C16H25N3S/c1-5-6-7-10-18-16(17-3)19-12-14-9-8-13(2)11-15(14)20-4/h5-6,8-9,11H,7,10,12H2,1-4H3,(H2,17,18,19)/b6-5+. The first kappa shape index (κ1) is 16.6. The number of allylic oxidation sites excluding steroid dienone is 1. The number of rotatable bonds is 6. The molecule has 1 aromatic carbocycles. The van der Waals surface area contributed by atoms with Gasteiger partial charge in [0.1, 0.15) is 0 Å². The summed E-state index contributed by atoms with van der Waals surface area (Å²) in [6.45, 7) is 5.85. The highest BCUT2D eigenvalue weighted by Gasteiger charge is 2.03. The lowest BCUT2D eigenvalue weighted by molar-refractivity contribution is 0.797. The normalized spacial score (nSPS) is 11.9. The summed E-state index contributed by atoms with van der Waals surface area (Å²) in [5.41, 5.74) is 2.60. The first-order valence-corrected chi connectivity index (χ1v) is 8.13. The third-order valence-corrected chi connectivity index (χ3v) is 3.77. The summed E-state index contributed by atoms with van der Waals surface area (Å²) in [7, 11) is 1.80. The summed E-state index contributed by atoms with van der Waals surface area (Å²) in [5.74, 6) is 0.849. The lowest BCUT2D eigenvalue weighted by Gasteiger charge is -2.13. The van der Waals surface area contributed by atoms with Crippen molar-refractivity contribution in [1.29, 1.82) is 0 Å². The van der Waals surface area contributed by atoms with Crippen LogP contribution in [0.5, 0.6) is 0 Å². The van der Waals surface area contributed by atoms with Gasteiger partial charge in [0, 0.05) is 25.0 Å². The molecule has 0 atom stereocenters. The van der Waals surface area contributed by atoms with Gasteiger partial charge in [-0.25, -0.2) is 0 Å². The number of nitrogens with zero attached hydrogens (tertiary/aromatic N) is 1. The number of thioether (sulfide) groups is 1. The Hall–Kier alpha value is -1.42. The van der Waals surface area contributed by atoms with Gasteiger partial charge in [0.15, 0.2) is 5.96 Å². The minimum Gasteiger partial charge on any atom is -0.356 e. The average Bonchev–Trinajstić information content (AvgIpc) is 2.47. The predicted molar refractivity (Wildman–Crippen MR) is 90.6 cm³/mol. The fraction of sp³-hybridized carbons (Fsp3) is 0.438.